The molecule has 4 heteroatoms. The maximum atomic E-state index is 10.5. The van der Waals surface area contributed by atoms with Crippen molar-refractivity contribution in [3.63, 3.8) is 0 Å². The van der Waals surface area contributed by atoms with E-state index < -0.39 is 0 Å². The summed E-state index contributed by atoms with van der Waals surface area (Å²) in [5.41, 5.74) is 2.15. The Morgan fingerprint density at radius 2 is 2.11 bits per heavy atom. The molecule has 1 N–H and O–H groups in total. The second-order valence-corrected chi connectivity index (χ2v) is 4.73. The molecule has 1 aromatic heterocycles. The van der Waals surface area contributed by atoms with Crippen molar-refractivity contribution in [1.29, 1.82) is 0 Å². The van der Waals surface area contributed by atoms with E-state index in [1.807, 2.05) is 18.2 Å². The summed E-state index contributed by atoms with van der Waals surface area (Å²) in [6.45, 7) is 3.67. The van der Waals surface area contributed by atoms with Crippen molar-refractivity contribution in [1.82, 2.24) is 14.9 Å². The van der Waals surface area contributed by atoms with E-state index in [2.05, 4.69) is 27.9 Å². The Kier molecular flexibility index (Phi) is 4.95. The molecular formula is C15H21N3O. The van der Waals surface area contributed by atoms with Gasteiger partial charge in [-0.3, -0.25) is 4.79 Å². The molecule has 2 aromatic rings. The molecular weight excluding hydrogens is 238 g/mol. The number of aryl methyl sites for hydroxylation is 1. The Hall–Kier alpha value is -1.84. The molecule has 19 heavy (non-hydrogen) atoms. The van der Waals surface area contributed by atoms with Crippen LogP contribution in [0.5, 0.6) is 0 Å². The van der Waals surface area contributed by atoms with Crippen molar-refractivity contribution in [2.75, 3.05) is 0 Å². The van der Waals surface area contributed by atoms with E-state index >= 15 is 0 Å². The number of nitrogens with one attached hydrogen (secondary N) is 1. The highest BCUT2D eigenvalue weighted by Gasteiger charge is 2.09. The first-order valence-electron chi connectivity index (χ1n) is 6.98. The van der Waals surface area contributed by atoms with Crippen molar-refractivity contribution >= 4 is 17.4 Å². The van der Waals surface area contributed by atoms with Gasteiger partial charge in [-0.25, -0.2) is 4.98 Å². The van der Waals surface area contributed by atoms with E-state index in [-0.39, 0.29) is 0 Å². The van der Waals surface area contributed by atoms with Crippen molar-refractivity contribution in [2.45, 2.75) is 45.7 Å². The molecule has 0 unspecified atom stereocenters. The average molecular weight is 259 g/mol. The molecule has 0 aliphatic heterocycles. The number of rotatable bonds is 8. The highest BCUT2D eigenvalue weighted by atomic mass is 16.1. The maximum absolute atomic E-state index is 10.5. The van der Waals surface area contributed by atoms with Crippen molar-refractivity contribution in [3.05, 3.63) is 30.1 Å². The largest absolute Gasteiger partial charge is 0.351 e. The molecule has 2 rings (SSSR count). The zero-order valence-electron chi connectivity index (χ0n) is 11.4. The number of unbranched alkanes of at least 4 members (excludes halogenated alkanes) is 3. The van der Waals surface area contributed by atoms with Gasteiger partial charge < -0.3 is 9.88 Å². The zero-order chi connectivity index (χ0) is 13.5. The fourth-order valence-corrected chi connectivity index (χ4v) is 2.34. The number of carbonyl (C=O) groups excluding carboxylic acids is 1. The number of nitrogens with zero attached hydrogens (tertiary/aromatic N) is 2. The number of hydrogen-bond donors (Lipinski definition) is 1. The summed E-state index contributed by atoms with van der Waals surface area (Å²) in [5.74, 6) is 0.935. The summed E-state index contributed by atoms with van der Waals surface area (Å²) in [6.07, 6.45) is 5.63. The van der Waals surface area contributed by atoms with Crippen LogP contribution in [0.3, 0.4) is 0 Å². The number of carbonyl (C=O) groups is 1. The Balaban J connectivity index is 2.18. The van der Waals surface area contributed by atoms with Gasteiger partial charge in [0.25, 0.3) is 0 Å². The number of para-hydroxylation sites is 2. The van der Waals surface area contributed by atoms with E-state index in [1.165, 1.54) is 19.3 Å². The Morgan fingerprint density at radius 1 is 1.26 bits per heavy atom. The van der Waals surface area contributed by atoms with Crippen LogP contribution in [0.15, 0.2) is 24.3 Å². The smallest absolute Gasteiger partial charge is 0.207 e. The molecule has 0 aliphatic rings. The van der Waals surface area contributed by atoms with Crippen LogP contribution in [0.1, 0.15) is 38.4 Å². The number of aromatic nitrogens is 2. The number of hydrogen-bond acceptors (Lipinski definition) is 2. The highest BCUT2D eigenvalue weighted by molar-refractivity contribution is 5.75. The molecule has 0 atom stereocenters. The van der Waals surface area contributed by atoms with Gasteiger partial charge in [0.1, 0.15) is 5.82 Å². The molecule has 0 aliphatic carbocycles. The average Bonchev–Trinajstić information content (AvgIpc) is 2.79. The van der Waals surface area contributed by atoms with Crippen LogP contribution < -0.4 is 5.32 Å². The van der Waals surface area contributed by atoms with E-state index in [9.17, 15) is 4.79 Å². The molecule has 0 spiro atoms. The lowest BCUT2D eigenvalue weighted by atomic mass is 10.2. The third kappa shape index (κ3) is 3.34. The molecule has 1 aromatic carbocycles. The Bertz CT molecular complexity index is 533. The minimum Gasteiger partial charge on any atom is -0.351 e. The predicted molar refractivity (Wildman–Crippen MR) is 76.8 cm³/mol. The lowest BCUT2D eigenvalue weighted by molar-refractivity contribution is -0.109. The van der Waals surface area contributed by atoms with Crippen LogP contribution in [-0.4, -0.2) is 16.0 Å². The molecule has 0 fully saturated rings. The van der Waals surface area contributed by atoms with Crippen LogP contribution in [0.2, 0.25) is 0 Å². The zero-order valence-corrected chi connectivity index (χ0v) is 11.4. The van der Waals surface area contributed by atoms with Gasteiger partial charge in [-0.2, -0.15) is 0 Å². The molecule has 1 amide bonds. The fourth-order valence-electron chi connectivity index (χ4n) is 2.34. The summed E-state index contributed by atoms with van der Waals surface area (Å²) in [4.78, 5) is 15.0. The predicted octanol–water partition coefficient (Wildman–Crippen LogP) is 2.86. The van der Waals surface area contributed by atoms with Crippen molar-refractivity contribution in [3.8, 4) is 0 Å². The van der Waals surface area contributed by atoms with Crippen LogP contribution in [0.25, 0.3) is 11.0 Å². The molecule has 0 bridgehead atoms. The molecule has 4 nitrogen and oxygen atoms in total. The van der Waals surface area contributed by atoms with Gasteiger partial charge in [-0.15, -0.1) is 0 Å². The van der Waals surface area contributed by atoms with Gasteiger partial charge >= 0.3 is 0 Å². The minimum atomic E-state index is 0.492. The minimum absolute atomic E-state index is 0.492. The molecule has 0 saturated carbocycles. The standard InChI is InChI=1S/C15H21N3O/c1-2-3-4-7-10-18-14-9-6-5-8-13(14)17-15(18)11-16-12-19/h5-6,8-9,12H,2-4,7,10-11H2,1H3,(H,16,19). The second-order valence-electron chi connectivity index (χ2n) is 4.73. The second kappa shape index (κ2) is 6.92. The molecule has 1 heterocycles. The first kappa shape index (κ1) is 13.6. The Morgan fingerprint density at radius 3 is 2.89 bits per heavy atom. The van der Waals surface area contributed by atoms with Gasteiger partial charge in [0.15, 0.2) is 0 Å². The lowest BCUT2D eigenvalue weighted by Crippen LogP contribution is -2.15. The Labute approximate surface area is 113 Å². The third-order valence-corrected chi connectivity index (χ3v) is 3.31. The number of imidazole rings is 1. The van der Waals surface area contributed by atoms with Crippen LogP contribution in [0, 0.1) is 0 Å². The van der Waals surface area contributed by atoms with E-state index in [4.69, 9.17) is 0 Å². The SMILES string of the molecule is CCCCCCn1c(CNC=O)nc2ccccc21. The monoisotopic (exact) mass is 259 g/mol. The van der Waals surface area contributed by atoms with Crippen LogP contribution >= 0.6 is 0 Å². The van der Waals surface area contributed by atoms with Crippen molar-refractivity contribution in [2.24, 2.45) is 0 Å². The number of amides is 1. The summed E-state index contributed by atoms with van der Waals surface area (Å²) < 4.78 is 2.22. The van der Waals surface area contributed by atoms with Gasteiger partial charge in [0, 0.05) is 6.54 Å². The number of fused-ring (bicyclic) bond motifs is 1. The van der Waals surface area contributed by atoms with Crippen LogP contribution in [0.4, 0.5) is 0 Å². The summed E-state index contributed by atoms with van der Waals surface area (Å²) >= 11 is 0. The van der Waals surface area contributed by atoms with Gasteiger partial charge in [0.2, 0.25) is 6.41 Å². The third-order valence-electron chi connectivity index (χ3n) is 3.31. The van der Waals surface area contributed by atoms with Gasteiger partial charge in [-0.05, 0) is 18.6 Å². The summed E-state index contributed by atoms with van der Waals surface area (Å²) in [7, 11) is 0. The molecule has 102 valence electrons. The van der Waals surface area contributed by atoms with E-state index in [0.717, 1.165) is 36.2 Å². The number of benzene rings is 1. The fraction of sp³-hybridized carbons (Fsp3) is 0.467. The summed E-state index contributed by atoms with van der Waals surface area (Å²) in [5, 5.41) is 2.70. The molecule has 0 radical (unpaired) electrons. The van der Waals surface area contributed by atoms with E-state index in [1.54, 1.807) is 0 Å². The lowest BCUT2D eigenvalue weighted by Gasteiger charge is -2.08. The first-order chi connectivity index (χ1) is 9.36. The van der Waals surface area contributed by atoms with Gasteiger partial charge in [-0.1, -0.05) is 38.3 Å². The first-order valence-corrected chi connectivity index (χ1v) is 6.98. The molecule has 0 saturated heterocycles. The van der Waals surface area contributed by atoms with Crippen molar-refractivity contribution < 1.29 is 4.79 Å². The normalized spacial score (nSPS) is 10.8. The van der Waals surface area contributed by atoms with Crippen LogP contribution in [-0.2, 0) is 17.9 Å². The topological polar surface area (TPSA) is 46.9 Å². The van der Waals surface area contributed by atoms with E-state index in [0.29, 0.717) is 6.54 Å². The highest BCUT2D eigenvalue weighted by Crippen LogP contribution is 2.17. The quantitative estimate of drug-likeness (QED) is 0.585. The van der Waals surface area contributed by atoms with Gasteiger partial charge in [0.05, 0.1) is 17.6 Å². The maximum Gasteiger partial charge on any atom is 0.207 e. The summed E-state index contributed by atoms with van der Waals surface area (Å²) in [6, 6.07) is 8.13.